The lowest BCUT2D eigenvalue weighted by Gasteiger charge is -2.20. The minimum absolute atomic E-state index is 0.0303. The van der Waals surface area contributed by atoms with E-state index in [1.165, 1.54) is 10.5 Å². The Morgan fingerprint density at radius 2 is 2.14 bits per heavy atom. The highest BCUT2D eigenvalue weighted by molar-refractivity contribution is 7.89. The van der Waals surface area contributed by atoms with E-state index in [0.717, 1.165) is 24.3 Å². The fourth-order valence-electron chi connectivity index (χ4n) is 2.15. The second-order valence-electron chi connectivity index (χ2n) is 5.22. The maximum atomic E-state index is 12.7. The summed E-state index contributed by atoms with van der Waals surface area (Å²) in [5.74, 6) is 1.16. The van der Waals surface area contributed by atoms with Crippen molar-refractivity contribution in [1.82, 2.24) is 14.3 Å². The van der Waals surface area contributed by atoms with E-state index >= 15 is 0 Å². The van der Waals surface area contributed by atoms with Crippen molar-refractivity contribution in [2.75, 3.05) is 0 Å². The third-order valence-corrected chi connectivity index (χ3v) is 5.44. The molecule has 21 heavy (non-hydrogen) atoms. The molecule has 6 nitrogen and oxygen atoms in total. The van der Waals surface area contributed by atoms with Gasteiger partial charge in [0.05, 0.1) is 12.2 Å². The van der Waals surface area contributed by atoms with Crippen molar-refractivity contribution in [3.63, 3.8) is 0 Å². The van der Waals surface area contributed by atoms with Crippen molar-refractivity contribution >= 4 is 10.0 Å². The molecule has 112 valence electrons. The van der Waals surface area contributed by atoms with Gasteiger partial charge in [0.15, 0.2) is 0 Å². The second kappa shape index (κ2) is 5.23. The van der Waals surface area contributed by atoms with Gasteiger partial charge >= 0.3 is 0 Å². The van der Waals surface area contributed by atoms with Crippen molar-refractivity contribution in [2.24, 2.45) is 0 Å². The number of aryl methyl sites for hydroxylation is 2. The number of nitrogens with zero attached hydrogens (tertiary/aromatic N) is 3. The lowest BCUT2D eigenvalue weighted by atomic mass is 10.4. The van der Waals surface area contributed by atoms with Crippen LogP contribution in [0.2, 0.25) is 0 Å². The molecule has 0 atom stereocenters. The number of sulfonamides is 1. The number of hydrogen-bond donors (Lipinski definition) is 0. The molecule has 0 saturated heterocycles. The fraction of sp³-hybridized carbons (Fsp3) is 0.429. The summed E-state index contributed by atoms with van der Waals surface area (Å²) >= 11 is 0. The number of oxazole rings is 1. The van der Waals surface area contributed by atoms with Crippen molar-refractivity contribution < 1.29 is 12.8 Å². The molecular formula is C14H17N3O3S. The number of hydrogen-bond acceptors (Lipinski definition) is 5. The Morgan fingerprint density at radius 3 is 2.67 bits per heavy atom. The van der Waals surface area contributed by atoms with E-state index in [-0.39, 0.29) is 17.5 Å². The SMILES string of the molecule is Cc1nc(CN(C2CC2)S(=O)(=O)c2cccnc2)oc1C. The Balaban J connectivity index is 1.91. The summed E-state index contributed by atoms with van der Waals surface area (Å²) < 4.78 is 32.4. The highest BCUT2D eigenvalue weighted by Gasteiger charge is 2.39. The zero-order valence-electron chi connectivity index (χ0n) is 12.0. The van der Waals surface area contributed by atoms with E-state index in [0.29, 0.717) is 5.89 Å². The summed E-state index contributed by atoms with van der Waals surface area (Å²) in [5.41, 5.74) is 0.791. The van der Waals surface area contributed by atoms with Crippen LogP contribution in [0.5, 0.6) is 0 Å². The van der Waals surface area contributed by atoms with Gasteiger partial charge in [-0.3, -0.25) is 4.98 Å². The average molecular weight is 307 g/mol. The van der Waals surface area contributed by atoms with Crippen LogP contribution >= 0.6 is 0 Å². The summed E-state index contributed by atoms with van der Waals surface area (Å²) in [6.45, 7) is 3.83. The van der Waals surface area contributed by atoms with Gasteiger partial charge in [0.25, 0.3) is 0 Å². The van der Waals surface area contributed by atoms with Gasteiger partial charge in [-0.15, -0.1) is 0 Å². The molecule has 0 aromatic carbocycles. The molecule has 1 fully saturated rings. The van der Waals surface area contributed by atoms with E-state index in [1.54, 1.807) is 18.3 Å². The first-order valence-corrected chi connectivity index (χ1v) is 8.27. The summed E-state index contributed by atoms with van der Waals surface area (Å²) in [5, 5.41) is 0. The van der Waals surface area contributed by atoms with Crippen LogP contribution in [0, 0.1) is 13.8 Å². The summed E-state index contributed by atoms with van der Waals surface area (Å²) in [6, 6.07) is 3.21. The normalized spacial score (nSPS) is 15.6. The first kappa shape index (κ1) is 14.2. The van der Waals surface area contributed by atoms with Crippen LogP contribution < -0.4 is 0 Å². The molecule has 2 aromatic heterocycles. The molecule has 2 heterocycles. The lowest BCUT2D eigenvalue weighted by Crippen LogP contribution is -2.32. The third kappa shape index (κ3) is 2.84. The highest BCUT2D eigenvalue weighted by atomic mass is 32.2. The van der Waals surface area contributed by atoms with Gasteiger partial charge in [0.1, 0.15) is 10.7 Å². The summed E-state index contributed by atoms with van der Waals surface area (Å²) in [6.07, 6.45) is 4.67. The predicted molar refractivity (Wildman–Crippen MR) is 76.0 cm³/mol. The topological polar surface area (TPSA) is 76.3 Å². The molecule has 0 radical (unpaired) electrons. The Kier molecular flexibility index (Phi) is 3.54. The molecule has 0 amide bonds. The van der Waals surface area contributed by atoms with Crippen LogP contribution in [-0.2, 0) is 16.6 Å². The molecule has 1 saturated carbocycles. The molecule has 0 aliphatic heterocycles. The van der Waals surface area contributed by atoms with Crippen LogP contribution in [0.15, 0.2) is 33.8 Å². The van der Waals surface area contributed by atoms with Crippen LogP contribution in [0.4, 0.5) is 0 Å². The van der Waals surface area contributed by atoms with Gasteiger partial charge in [-0.05, 0) is 38.8 Å². The van der Waals surface area contributed by atoms with Crippen LogP contribution in [-0.4, -0.2) is 28.7 Å². The van der Waals surface area contributed by atoms with Gasteiger partial charge in [0, 0.05) is 18.4 Å². The Hall–Kier alpha value is -1.73. The Morgan fingerprint density at radius 1 is 1.38 bits per heavy atom. The van der Waals surface area contributed by atoms with Gasteiger partial charge in [0.2, 0.25) is 15.9 Å². The Labute approximate surface area is 123 Å². The first-order valence-electron chi connectivity index (χ1n) is 6.83. The van der Waals surface area contributed by atoms with Gasteiger partial charge in [-0.1, -0.05) is 0 Å². The minimum atomic E-state index is -3.57. The van der Waals surface area contributed by atoms with Crippen molar-refractivity contribution in [3.8, 4) is 0 Å². The monoisotopic (exact) mass is 307 g/mol. The van der Waals surface area contributed by atoms with E-state index in [2.05, 4.69) is 9.97 Å². The van der Waals surface area contributed by atoms with Crippen LogP contribution in [0.1, 0.15) is 30.2 Å². The highest BCUT2D eigenvalue weighted by Crippen LogP contribution is 2.33. The van der Waals surface area contributed by atoms with Crippen molar-refractivity contribution in [2.45, 2.75) is 44.2 Å². The zero-order valence-corrected chi connectivity index (χ0v) is 12.8. The van der Waals surface area contributed by atoms with Crippen molar-refractivity contribution in [3.05, 3.63) is 41.9 Å². The first-order chi connectivity index (χ1) is 9.98. The van der Waals surface area contributed by atoms with Gasteiger partial charge in [-0.2, -0.15) is 4.31 Å². The standard InChI is InChI=1S/C14H17N3O3S/c1-10-11(2)20-14(16-10)9-17(12-5-6-12)21(18,19)13-4-3-7-15-8-13/h3-4,7-8,12H,5-6,9H2,1-2H3. The Bertz CT molecular complexity index is 717. The third-order valence-electron chi connectivity index (χ3n) is 3.56. The van der Waals surface area contributed by atoms with Gasteiger partial charge < -0.3 is 4.42 Å². The number of aromatic nitrogens is 2. The lowest BCUT2D eigenvalue weighted by molar-refractivity contribution is 0.343. The van der Waals surface area contributed by atoms with Crippen LogP contribution in [0.25, 0.3) is 0 Å². The quantitative estimate of drug-likeness (QED) is 0.845. The summed E-state index contributed by atoms with van der Waals surface area (Å²) in [7, 11) is -3.57. The van der Waals surface area contributed by atoms with E-state index in [1.807, 2.05) is 13.8 Å². The predicted octanol–water partition coefficient (Wildman–Crippen LogP) is 2.04. The van der Waals surface area contributed by atoms with Gasteiger partial charge in [-0.25, -0.2) is 13.4 Å². The fourth-order valence-corrected chi connectivity index (χ4v) is 3.75. The van der Waals surface area contributed by atoms with Crippen molar-refractivity contribution in [1.29, 1.82) is 0 Å². The molecule has 0 bridgehead atoms. The van der Waals surface area contributed by atoms with E-state index < -0.39 is 10.0 Å². The number of rotatable bonds is 5. The van der Waals surface area contributed by atoms with Crippen LogP contribution in [0.3, 0.4) is 0 Å². The summed E-state index contributed by atoms with van der Waals surface area (Å²) in [4.78, 5) is 8.38. The molecule has 1 aliphatic rings. The van der Waals surface area contributed by atoms with E-state index in [9.17, 15) is 8.42 Å². The molecule has 2 aromatic rings. The maximum Gasteiger partial charge on any atom is 0.245 e. The second-order valence-corrected chi connectivity index (χ2v) is 7.11. The molecule has 0 unspecified atom stereocenters. The molecule has 7 heteroatoms. The molecule has 0 spiro atoms. The molecule has 1 aliphatic carbocycles. The maximum absolute atomic E-state index is 12.7. The minimum Gasteiger partial charge on any atom is -0.444 e. The molecule has 3 rings (SSSR count). The zero-order chi connectivity index (χ0) is 15.0. The van der Waals surface area contributed by atoms with E-state index in [4.69, 9.17) is 4.42 Å². The number of pyridine rings is 1. The average Bonchev–Trinajstić information content (AvgIpc) is 3.24. The molecule has 0 N–H and O–H groups in total. The smallest absolute Gasteiger partial charge is 0.245 e. The molecular weight excluding hydrogens is 290 g/mol. The largest absolute Gasteiger partial charge is 0.444 e.